The van der Waals surface area contributed by atoms with Crippen LogP contribution in [0.15, 0.2) is 42.9 Å². The van der Waals surface area contributed by atoms with E-state index in [1.807, 2.05) is 31.2 Å². The SMILES string of the molecule is COc1ccc(C2CC2COc2nc(C)ncc2-c2ccc(-c3nnnn3C)nc2)nc1. The van der Waals surface area contributed by atoms with Crippen molar-refractivity contribution in [2.45, 2.75) is 19.3 Å². The molecular formula is C22H22N8O2. The first-order chi connectivity index (χ1) is 15.6. The highest BCUT2D eigenvalue weighted by molar-refractivity contribution is 5.68. The van der Waals surface area contributed by atoms with Gasteiger partial charge in [0.15, 0.2) is 5.82 Å². The molecule has 1 aliphatic carbocycles. The van der Waals surface area contributed by atoms with Crippen LogP contribution in [0.5, 0.6) is 11.6 Å². The van der Waals surface area contributed by atoms with Gasteiger partial charge in [-0.25, -0.2) is 9.67 Å². The van der Waals surface area contributed by atoms with Crippen molar-refractivity contribution in [2.24, 2.45) is 13.0 Å². The lowest BCUT2D eigenvalue weighted by molar-refractivity contribution is 0.285. The summed E-state index contributed by atoms with van der Waals surface area (Å²) >= 11 is 0. The van der Waals surface area contributed by atoms with Crippen LogP contribution in [0, 0.1) is 12.8 Å². The first-order valence-corrected chi connectivity index (χ1v) is 10.3. The molecule has 1 saturated carbocycles. The molecule has 4 aromatic heterocycles. The molecule has 5 rings (SSSR count). The van der Waals surface area contributed by atoms with Crippen LogP contribution >= 0.6 is 0 Å². The van der Waals surface area contributed by atoms with E-state index >= 15 is 0 Å². The van der Waals surface area contributed by atoms with E-state index in [1.54, 1.807) is 37.4 Å². The zero-order chi connectivity index (χ0) is 22.1. The van der Waals surface area contributed by atoms with Crippen LogP contribution in [0.2, 0.25) is 0 Å². The van der Waals surface area contributed by atoms with Gasteiger partial charge in [-0.15, -0.1) is 5.10 Å². The monoisotopic (exact) mass is 430 g/mol. The van der Waals surface area contributed by atoms with Gasteiger partial charge in [-0.1, -0.05) is 6.07 Å². The first-order valence-electron chi connectivity index (χ1n) is 10.3. The van der Waals surface area contributed by atoms with E-state index in [2.05, 4.69) is 35.5 Å². The van der Waals surface area contributed by atoms with Crippen molar-refractivity contribution in [3.05, 3.63) is 54.4 Å². The Kier molecular flexibility index (Phi) is 5.18. The molecule has 0 amide bonds. The van der Waals surface area contributed by atoms with Gasteiger partial charge in [-0.2, -0.15) is 4.98 Å². The fourth-order valence-electron chi connectivity index (χ4n) is 3.60. The second-order valence-corrected chi connectivity index (χ2v) is 7.73. The average molecular weight is 430 g/mol. The normalized spacial score (nSPS) is 17.2. The second-order valence-electron chi connectivity index (χ2n) is 7.73. The van der Waals surface area contributed by atoms with Crippen LogP contribution in [0.3, 0.4) is 0 Å². The smallest absolute Gasteiger partial charge is 0.224 e. The van der Waals surface area contributed by atoms with Crippen molar-refractivity contribution in [2.75, 3.05) is 13.7 Å². The van der Waals surface area contributed by atoms with Crippen LogP contribution in [0.25, 0.3) is 22.6 Å². The fraction of sp³-hybridized carbons (Fsp3) is 0.318. The summed E-state index contributed by atoms with van der Waals surface area (Å²) in [5.74, 6) is 3.37. The number of nitrogens with zero attached hydrogens (tertiary/aromatic N) is 8. The Morgan fingerprint density at radius 1 is 1.06 bits per heavy atom. The van der Waals surface area contributed by atoms with Gasteiger partial charge in [-0.05, 0) is 42.0 Å². The standard InChI is InChI=1S/C22H22N8O2/c1-13-23-11-18(14-4-6-20(24-9-14)21-27-28-29-30(21)2)22(26-13)32-12-15-8-17(15)19-7-5-16(31-3)10-25-19/h4-7,9-11,15,17H,8,12H2,1-3H3. The number of tetrazole rings is 1. The third-order valence-electron chi connectivity index (χ3n) is 5.53. The minimum Gasteiger partial charge on any atom is -0.495 e. The summed E-state index contributed by atoms with van der Waals surface area (Å²) in [4.78, 5) is 17.9. The lowest BCUT2D eigenvalue weighted by Crippen LogP contribution is -2.06. The van der Waals surface area contributed by atoms with E-state index in [0.717, 1.165) is 29.0 Å². The fourth-order valence-corrected chi connectivity index (χ4v) is 3.60. The Labute approximate surface area is 184 Å². The third-order valence-corrected chi connectivity index (χ3v) is 5.53. The zero-order valence-electron chi connectivity index (χ0n) is 18.0. The Balaban J connectivity index is 1.30. The van der Waals surface area contributed by atoms with Crippen molar-refractivity contribution in [3.8, 4) is 34.3 Å². The molecule has 0 radical (unpaired) electrons. The summed E-state index contributed by atoms with van der Waals surface area (Å²) in [6.07, 6.45) is 6.33. The van der Waals surface area contributed by atoms with E-state index in [1.165, 1.54) is 0 Å². The topological polar surface area (TPSA) is 114 Å². The number of rotatable bonds is 7. The Morgan fingerprint density at radius 3 is 2.66 bits per heavy atom. The maximum absolute atomic E-state index is 6.15. The number of pyridine rings is 2. The van der Waals surface area contributed by atoms with Crippen molar-refractivity contribution >= 4 is 0 Å². The summed E-state index contributed by atoms with van der Waals surface area (Å²) in [6.45, 7) is 2.41. The van der Waals surface area contributed by atoms with Crippen LogP contribution in [-0.2, 0) is 7.05 Å². The number of hydrogen-bond acceptors (Lipinski definition) is 9. The van der Waals surface area contributed by atoms with Crippen LogP contribution < -0.4 is 9.47 Å². The molecule has 0 spiro atoms. The molecule has 2 atom stereocenters. The minimum atomic E-state index is 0.397. The first kappa shape index (κ1) is 20.0. The zero-order valence-corrected chi connectivity index (χ0v) is 18.0. The molecule has 1 aliphatic rings. The molecule has 0 aromatic carbocycles. The molecular weight excluding hydrogens is 408 g/mol. The number of ether oxygens (including phenoxy) is 2. The van der Waals surface area contributed by atoms with Gasteiger partial charge >= 0.3 is 0 Å². The van der Waals surface area contributed by atoms with Gasteiger partial charge in [0.25, 0.3) is 0 Å². The van der Waals surface area contributed by atoms with Gasteiger partial charge in [0.2, 0.25) is 5.88 Å². The Hall–Kier alpha value is -3.95. The highest BCUT2D eigenvalue weighted by Gasteiger charge is 2.40. The second kappa shape index (κ2) is 8.29. The molecule has 162 valence electrons. The summed E-state index contributed by atoms with van der Waals surface area (Å²) in [5.41, 5.74) is 3.41. The van der Waals surface area contributed by atoms with Crippen LogP contribution in [-0.4, -0.2) is 53.9 Å². The molecule has 0 aliphatic heterocycles. The quantitative estimate of drug-likeness (QED) is 0.436. The summed E-state index contributed by atoms with van der Waals surface area (Å²) in [5, 5.41) is 11.5. The lowest BCUT2D eigenvalue weighted by atomic mass is 10.1. The number of aromatic nitrogens is 8. The predicted molar refractivity (Wildman–Crippen MR) is 115 cm³/mol. The van der Waals surface area contributed by atoms with Crippen LogP contribution in [0.1, 0.15) is 23.9 Å². The van der Waals surface area contributed by atoms with E-state index in [4.69, 9.17) is 9.47 Å². The maximum atomic E-state index is 6.15. The summed E-state index contributed by atoms with van der Waals surface area (Å²) in [7, 11) is 3.42. The molecule has 1 fully saturated rings. The number of hydrogen-bond donors (Lipinski definition) is 0. The molecule has 0 N–H and O–H groups in total. The van der Waals surface area contributed by atoms with Gasteiger partial charge in [-0.3, -0.25) is 9.97 Å². The molecule has 32 heavy (non-hydrogen) atoms. The maximum Gasteiger partial charge on any atom is 0.224 e. The lowest BCUT2D eigenvalue weighted by Gasteiger charge is -2.11. The molecule has 2 unspecified atom stereocenters. The van der Waals surface area contributed by atoms with E-state index in [0.29, 0.717) is 41.7 Å². The Bertz CT molecular complexity index is 1220. The minimum absolute atomic E-state index is 0.397. The molecule has 4 aromatic rings. The largest absolute Gasteiger partial charge is 0.495 e. The molecule has 0 saturated heterocycles. The van der Waals surface area contributed by atoms with Crippen molar-refractivity contribution in [1.82, 2.24) is 40.1 Å². The van der Waals surface area contributed by atoms with E-state index in [-0.39, 0.29) is 0 Å². The van der Waals surface area contributed by atoms with E-state index in [9.17, 15) is 0 Å². The summed E-state index contributed by atoms with van der Waals surface area (Å²) < 4.78 is 12.9. The molecule has 4 heterocycles. The summed E-state index contributed by atoms with van der Waals surface area (Å²) in [6, 6.07) is 7.78. The molecule has 10 nitrogen and oxygen atoms in total. The van der Waals surface area contributed by atoms with Gasteiger partial charge in [0.1, 0.15) is 17.3 Å². The van der Waals surface area contributed by atoms with Gasteiger partial charge < -0.3 is 9.47 Å². The number of aryl methyl sites for hydroxylation is 2. The van der Waals surface area contributed by atoms with Gasteiger partial charge in [0.05, 0.1) is 25.5 Å². The number of methoxy groups -OCH3 is 1. The molecule has 10 heteroatoms. The van der Waals surface area contributed by atoms with Gasteiger partial charge in [0, 0.05) is 42.5 Å². The van der Waals surface area contributed by atoms with Crippen molar-refractivity contribution in [3.63, 3.8) is 0 Å². The Morgan fingerprint density at radius 2 is 1.97 bits per heavy atom. The van der Waals surface area contributed by atoms with Crippen molar-refractivity contribution in [1.29, 1.82) is 0 Å². The highest BCUT2D eigenvalue weighted by atomic mass is 16.5. The predicted octanol–water partition coefficient (Wildman–Crippen LogP) is 2.62. The van der Waals surface area contributed by atoms with E-state index < -0.39 is 0 Å². The third kappa shape index (κ3) is 3.98. The van der Waals surface area contributed by atoms with Crippen LogP contribution in [0.4, 0.5) is 0 Å². The van der Waals surface area contributed by atoms with Crippen molar-refractivity contribution < 1.29 is 9.47 Å². The molecule has 0 bridgehead atoms. The average Bonchev–Trinajstić information content (AvgIpc) is 3.48. The highest BCUT2D eigenvalue weighted by Crippen LogP contribution is 2.47.